The minimum Gasteiger partial charge on any atom is -0.381 e. The van der Waals surface area contributed by atoms with Crippen LogP contribution in [0.1, 0.15) is 26.7 Å². The molecular formula is C11H15IN2O2. The first-order valence-electron chi connectivity index (χ1n) is 5.29. The van der Waals surface area contributed by atoms with Crippen molar-refractivity contribution in [2.24, 2.45) is 0 Å². The third-order valence-electron chi connectivity index (χ3n) is 2.51. The monoisotopic (exact) mass is 334 g/mol. The number of nitro groups is 1. The summed E-state index contributed by atoms with van der Waals surface area (Å²) in [6.45, 7) is 4.25. The van der Waals surface area contributed by atoms with Crippen LogP contribution in [-0.4, -0.2) is 11.0 Å². The number of nitro benzene ring substituents is 1. The van der Waals surface area contributed by atoms with Gasteiger partial charge in [-0.25, -0.2) is 0 Å². The fourth-order valence-corrected chi connectivity index (χ4v) is 2.10. The zero-order valence-electron chi connectivity index (χ0n) is 9.37. The number of nitrogens with zero attached hydrogens (tertiary/aromatic N) is 1. The molecule has 0 aliphatic heterocycles. The summed E-state index contributed by atoms with van der Waals surface area (Å²) in [6.07, 6.45) is 2.09. The van der Waals surface area contributed by atoms with E-state index in [-0.39, 0.29) is 10.6 Å². The van der Waals surface area contributed by atoms with Crippen molar-refractivity contribution in [2.75, 3.05) is 5.32 Å². The molecule has 0 fully saturated rings. The highest BCUT2D eigenvalue weighted by atomic mass is 127. The maximum absolute atomic E-state index is 10.6. The van der Waals surface area contributed by atoms with Gasteiger partial charge in [-0.2, -0.15) is 0 Å². The van der Waals surface area contributed by atoms with Crippen LogP contribution < -0.4 is 5.32 Å². The number of benzene rings is 1. The molecule has 4 nitrogen and oxygen atoms in total. The molecule has 1 aromatic carbocycles. The number of anilines is 1. The quantitative estimate of drug-likeness (QED) is 0.506. The Morgan fingerprint density at radius 1 is 1.44 bits per heavy atom. The lowest BCUT2D eigenvalue weighted by Crippen LogP contribution is -2.17. The Labute approximate surface area is 109 Å². The normalized spacial score (nSPS) is 10.5. The molecule has 0 unspecified atom stereocenters. The average molecular weight is 334 g/mol. The van der Waals surface area contributed by atoms with Crippen LogP contribution >= 0.6 is 22.6 Å². The molecule has 0 saturated carbocycles. The summed E-state index contributed by atoms with van der Waals surface area (Å²) in [5, 5.41) is 14.0. The van der Waals surface area contributed by atoms with Gasteiger partial charge in [0.05, 0.1) is 4.92 Å². The van der Waals surface area contributed by atoms with E-state index in [1.165, 1.54) is 6.07 Å². The Hall–Kier alpha value is -0.850. The molecule has 1 aromatic rings. The lowest BCUT2D eigenvalue weighted by molar-refractivity contribution is -0.384. The van der Waals surface area contributed by atoms with E-state index in [9.17, 15) is 10.1 Å². The Bertz CT molecular complexity index is 378. The number of hydrogen-bond donors (Lipinski definition) is 1. The SMILES string of the molecule is CCC(CC)Nc1ccc([N+](=O)[O-])cc1I. The van der Waals surface area contributed by atoms with Crippen LogP contribution in [0.3, 0.4) is 0 Å². The summed E-state index contributed by atoms with van der Waals surface area (Å²) in [6, 6.07) is 5.33. The van der Waals surface area contributed by atoms with Gasteiger partial charge in [0.2, 0.25) is 0 Å². The summed E-state index contributed by atoms with van der Waals surface area (Å²) in [7, 11) is 0. The van der Waals surface area contributed by atoms with E-state index in [4.69, 9.17) is 0 Å². The highest BCUT2D eigenvalue weighted by Crippen LogP contribution is 2.24. The summed E-state index contributed by atoms with van der Waals surface area (Å²) in [5.41, 5.74) is 1.11. The number of nitrogens with one attached hydrogen (secondary N) is 1. The molecule has 1 rings (SSSR count). The Balaban J connectivity index is 2.86. The maximum atomic E-state index is 10.6. The molecule has 88 valence electrons. The van der Waals surface area contributed by atoms with Gasteiger partial charge in [0.1, 0.15) is 0 Å². The molecule has 0 spiro atoms. The van der Waals surface area contributed by atoms with Gasteiger partial charge < -0.3 is 5.32 Å². The zero-order valence-corrected chi connectivity index (χ0v) is 11.5. The van der Waals surface area contributed by atoms with Crippen LogP contribution in [0, 0.1) is 13.7 Å². The molecule has 5 heteroatoms. The van der Waals surface area contributed by atoms with Crippen molar-refractivity contribution in [1.82, 2.24) is 0 Å². The molecule has 16 heavy (non-hydrogen) atoms. The molecule has 0 saturated heterocycles. The van der Waals surface area contributed by atoms with E-state index in [2.05, 4.69) is 41.8 Å². The van der Waals surface area contributed by atoms with E-state index >= 15 is 0 Å². The second-order valence-electron chi connectivity index (χ2n) is 3.58. The van der Waals surface area contributed by atoms with Crippen molar-refractivity contribution >= 4 is 34.0 Å². The molecule has 0 heterocycles. The van der Waals surface area contributed by atoms with Crippen molar-refractivity contribution in [2.45, 2.75) is 32.7 Å². The molecule has 0 radical (unpaired) electrons. The van der Waals surface area contributed by atoms with Crippen LogP contribution in [0.15, 0.2) is 18.2 Å². The van der Waals surface area contributed by atoms with Gasteiger partial charge in [0.15, 0.2) is 0 Å². The van der Waals surface area contributed by atoms with Gasteiger partial charge >= 0.3 is 0 Å². The van der Waals surface area contributed by atoms with Crippen molar-refractivity contribution in [3.63, 3.8) is 0 Å². The fourth-order valence-electron chi connectivity index (χ4n) is 1.45. The lowest BCUT2D eigenvalue weighted by atomic mass is 10.1. The molecule has 0 amide bonds. The van der Waals surface area contributed by atoms with E-state index in [1.54, 1.807) is 12.1 Å². The minimum absolute atomic E-state index is 0.138. The second kappa shape index (κ2) is 6.03. The van der Waals surface area contributed by atoms with Crippen molar-refractivity contribution < 1.29 is 4.92 Å². The number of rotatable bonds is 5. The molecule has 0 aliphatic rings. The van der Waals surface area contributed by atoms with E-state index < -0.39 is 0 Å². The minimum atomic E-state index is -0.372. The van der Waals surface area contributed by atoms with Gasteiger partial charge in [-0.1, -0.05) is 13.8 Å². The number of hydrogen-bond acceptors (Lipinski definition) is 3. The molecule has 1 N–H and O–H groups in total. The Morgan fingerprint density at radius 2 is 2.06 bits per heavy atom. The summed E-state index contributed by atoms with van der Waals surface area (Å²) in [4.78, 5) is 10.2. The van der Waals surface area contributed by atoms with Crippen molar-refractivity contribution in [1.29, 1.82) is 0 Å². The Morgan fingerprint density at radius 3 is 2.50 bits per heavy atom. The third-order valence-corrected chi connectivity index (χ3v) is 3.40. The number of halogens is 1. The summed E-state index contributed by atoms with van der Waals surface area (Å²) in [5.74, 6) is 0. The first-order chi connectivity index (χ1) is 7.58. The van der Waals surface area contributed by atoms with Crippen LogP contribution in [0.5, 0.6) is 0 Å². The van der Waals surface area contributed by atoms with Crippen molar-refractivity contribution in [3.05, 3.63) is 31.9 Å². The predicted molar refractivity (Wildman–Crippen MR) is 73.8 cm³/mol. The molecule has 0 bridgehead atoms. The van der Waals surface area contributed by atoms with Crippen LogP contribution in [0.25, 0.3) is 0 Å². The average Bonchev–Trinajstić information content (AvgIpc) is 2.27. The number of non-ortho nitro benzene ring substituents is 1. The second-order valence-corrected chi connectivity index (χ2v) is 4.74. The standard InChI is InChI=1S/C11H15IN2O2/c1-3-8(4-2)13-11-6-5-9(14(15)16)7-10(11)12/h5-8,13H,3-4H2,1-2H3. The summed E-state index contributed by atoms with van der Waals surface area (Å²) < 4.78 is 0.888. The lowest BCUT2D eigenvalue weighted by Gasteiger charge is -2.17. The highest BCUT2D eigenvalue weighted by Gasteiger charge is 2.10. The van der Waals surface area contributed by atoms with E-state index in [0.717, 1.165) is 22.1 Å². The van der Waals surface area contributed by atoms with Gasteiger partial charge in [0.25, 0.3) is 5.69 Å². The van der Waals surface area contributed by atoms with E-state index in [1.807, 2.05) is 0 Å². The molecular weight excluding hydrogens is 319 g/mol. The first kappa shape index (κ1) is 13.2. The van der Waals surface area contributed by atoms with Gasteiger partial charge in [-0.3, -0.25) is 10.1 Å². The molecule has 0 atom stereocenters. The Kier molecular flexibility index (Phi) is 4.98. The van der Waals surface area contributed by atoms with E-state index in [0.29, 0.717) is 6.04 Å². The highest BCUT2D eigenvalue weighted by molar-refractivity contribution is 14.1. The third kappa shape index (κ3) is 3.33. The van der Waals surface area contributed by atoms with Crippen LogP contribution in [0.2, 0.25) is 0 Å². The maximum Gasteiger partial charge on any atom is 0.270 e. The first-order valence-corrected chi connectivity index (χ1v) is 6.36. The zero-order chi connectivity index (χ0) is 12.1. The van der Waals surface area contributed by atoms with Gasteiger partial charge in [-0.15, -0.1) is 0 Å². The predicted octanol–water partition coefficient (Wildman–Crippen LogP) is 3.80. The van der Waals surface area contributed by atoms with Gasteiger partial charge in [0, 0.05) is 27.4 Å². The van der Waals surface area contributed by atoms with Crippen molar-refractivity contribution in [3.8, 4) is 0 Å². The molecule has 0 aliphatic carbocycles. The molecule has 0 aromatic heterocycles. The van der Waals surface area contributed by atoms with Crippen LogP contribution in [0.4, 0.5) is 11.4 Å². The fraction of sp³-hybridized carbons (Fsp3) is 0.455. The topological polar surface area (TPSA) is 55.2 Å². The largest absolute Gasteiger partial charge is 0.381 e. The summed E-state index contributed by atoms with van der Waals surface area (Å²) >= 11 is 2.12. The van der Waals surface area contributed by atoms with Crippen LogP contribution in [-0.2, 0) is 0 Å². The smallest absolute Gasteiger partial charge is 0.270 e. The van der Waals surface area contributed by atoms with Gasteiger partial charge in [-0.05, 0) is 41.5 Å².